The zero-order valence-corrected chi connectivity index (χ0v) is 47.1. The van der Waals surface area contributed by atoms with Gasteiger partial charge in [-0.3, -0.25) is 18.9 Å². The summed E-state index contributed by atoms with van der Waals surface area (Å²) in [7, 11) is -5.35. The van der Waals surface area contributed by atoms with E-state index >= 15 is 0 Å². The van der Waals surface area contributed by atoms with E-state index in [-0.39, 0.29) is 19.3 Å². The summed E-state index contributed by atoms with van der Waals surface area (Å²) in [4.78, 5) is 71.2. The Labute approximate surface area is 452 Å². The number of carbonyl (C=O) groups is 4. The average molecular weight is 1110 g/mol. The van der Waals surface area contributed by atoms with Gasteiger partial charge in [0, 0.05) is 6.42 Å². The maximum Gasteiger partial charge on any atom is 0.470 e. The topological polar surface area (TPSA) is 327 Å². The minimum atomic E-state index is -5.35. The second kappa shape index (κ2) is 41.6. The van der Waals surface area contributed by atoms with E-state index < -0.39 is 125 Å². The van der Waals surface area contributed by atoms with Crippen LogP contribution in [0.4, 0.5) is 0 Å². The van der Waals surface area contributed by atoms with Crippen LogP contribution in [0.15, 0.2) is 0 Å². The molecule has 0 unspecified atom stereocenters. The summed E-state index contributed by atoms with van der Waals surface area (Å²) < 4.78 is 45.7. The molecule has 2 aliphatic heterocycles. The Balaban J connectivity index is 2.19. The number of phosphoric ester groups is 1. The SMILES string of the molecule is CCCCCCCCCCCC(=O)O[C@H](CCCCCCCCCCC)CC(=O)N[C@H]1[C@H](OC[C@H]2O[C@H](OCC(=O)O)[C@H](NC(=O)C[C@H](O)CCCCCCCCCCC)[C@@H](O)[C@@H]2O)O[C@H](CO)[C@@H](OP(=O)(O)O)[C@@H]1O. The molecule has 2 fully saturated rings. The molecule has 0 aromatic carbocycles. The number of phosphoric acid groups is 1. The first kappa shape index (κ1) is 69.7. The fraction of sp³-hybridized carbons (Fsp3) is 0.926. The number of aliphatic carboxylic acids is 1. The smallest absolute Gasteiger partial charge is 0.470 e. The molecule has 0 radical (unpaired) electrons. The summed E-state index contributed by atoms with van der Waals surface area (Å²) in [6, 6.07) is -3.21. The van der Waals surface area contributed by atoms with Crippen molar-refractivity contribution in [1.29, 1.82) is 0 Å². The zero-order chi connectivity index (χ0) is 56.1. The fourth-order valence-electron chi connectivity index (χ4n) is 9.77. The van der Waals surface area contributed by atoms with E-state index in [1.54, 1.807) is 0 Å². The van der Waals surface area contributed by atoms with Gasteiger partial charge in [0.25, 0.3) is 0 Å². The molecule has 21 nitrogen and oxygen atoms in total. The van der Waals surface area contributed by atoms with E-state index in [0.717, 1.165) is 89.9 Å². The normalized spacial score (nSPS) is 24.7. The number of aliphatic hydroxyl groups is 5. The van der Waals surface area contributed by atoms with Gasteiger partial charge in [0.15, 0.2) is 12.6 Å². The van der Waals surface area contributed by atoms with E-state index in [4.69, 9.17) is 28.2 Å². The first-order valence-corrected chi connectivity index (χ1v) is 30.6. The molecule has 12 atom stereocenters. The van der Waals surface area contributed by atoms with Crippen molar-refractivity contribution in [2.24, 2.45) is 0 Å². The van der Waals surface area contributed by atoms with E-state index in [2.05, 4.69) is 31.4 Å². The van der Waals surface area contributed by atoms with Crippen molar-refractivity contribution in [3.05, 3.63) is 0 Å². The Morgan fingerprint density at radius 3 is 1.49 bits per heavy atom. The minimum Gasteiger partial charge on any atom is -0.480 e. The van der Waals surface area contributed by atoms with Crippen LogP contribution >= 0.6 is 7.82 Å². The Morgan fingerprint density at radius 2 is 1.00 bits per heavy atom. The molecule has 0 spiro atoms. The van der Waals surface area contributed by atoms with Crippen LogP contribution in [0.1, 0.15) is 226 Å². The molecule has 10 N–H and O–H groups in total. The van der Waals surface area contributed by atoms with Gasteiger partial charge in [-0.25, -0.2) is 9.36 Å². The molecule has 446 valence electrons. The number of esters is 1. The third-order valence-corrected chi connectivity index (χ3v) is 14.7. The van der Waals surface area contributed by atoms with Crippen LogP contribution in [0.25, 0.3) is 0 Å². The lowest BCUT2D eigenvalue weighted by atomic mass is 9.95. The number of aliphatic hydroxyl groups excluding tert-OH is 5. The zero-order valence-electron chi connectivity index (χ0n) is 46.2. The average Bonchev–Trinajstić information content (AvgIpc) is 3.36. The van der Waals surface area contributed by atoms with Gasteiger partial charge in [0.2, 0.25) is 11.8 Å². The molecule has 2 aliphatic rings. The van der Waals surface area contributed by atoms with Crippen molar-refractivity contribution in [3.63, 3.8) is 0 Å². The second-order valence-electron chi connectivity index (χ2n) is 21.0. The molecule has 0 bridgehead atoms. The number of carbonyl (C=O) groups excluding carboxylic acids is 3. The summed E-state index contributed by atoms with van der Waals surface area (Å²) in [5.74, 6) is -3.37. The van der Waals surface area contributed by atoms with Crippen LogP contribution < -0.4 is 10.6 Å². The first-order valence-electron chi connectivity index (χ1n) is 29.1. The number of carboxylic acids is 1. The number of ether oxygens (including phenoxy) is 5. The maximum absolute atomic E-state index is 13.9. The van der Waals surface area contributed by atoms with Gasteiger partial charge in [-0.15, -0.1) is 0 Å². The van der Waals surface area contributed by atoms with Crippen LogP contribution in [0.3, 0.4) is 0 Å². The van der Waals surface area contributed by atoms with Gasteiger partial charge in [0.05, 0.1) is 32.2 Å². The number of hydrogen-bond acceptors (Lipinski definition) is 16. The first-order chi connectivity index (χ1) is 36.4. The predicted octanol–water partition coefficient (Wildman–Crippen LogP) is 6.89. The fourth-order valence-corrected chi connectivity index (χ4v) is 10.4. The summed E-state index contributed by atoms with van der Waals surface area (Å²) in [5.41, 5.74) is 0. The van der Waals surface area contributed by atoms with Crippen LogP contribution in [-0.4, -0.2) is 157 Å². The van der Waals surface area contributed by atoms with E-state index in [0.29, 0.717) is 32.1 Å². The van der Waals surface area contributed by atoms with Crippen LogP contribution in [0.5, 0.6) is 0 Å². The van der Waals surface area contributed by atoms with E-state index in [9.17, 15) is 64.2 Å². The minimum absolute atomic E-state index is 0.169. The van der Waals surface area contributed by atoms with Crippen molar-refractivity contribution in [2.75, 3.05) is 19.8 Å². The Morgan fingerprint density at radius 1 is 0.566 bits per heavy atom. The number of amides is 2. The second-order valence-corrected chi connectivity index (χ2v) is 22.2. The van der Waals surface area contributed by atoms with Gasteiger partial charge < -0.3 is 74.7 Å². The lowest BCUT2D eigenvalue weighted by Gasteiger charge is -2.45. The van der Waals surface area contributed by atoms with Crippen LogP contribution in [0.2, 0.25) is 0 Å². The Kier molecular flexibility index (Phi) is 38.2. The summed E-state index contributed by atoms with van der Waals surface area (Å²) in [5, 5.41) is 69.5. The van der Waals surface area contributed by atoms with Crippen molar-refractivity contribution in [3.8, 4) is 0 Å². The molecule has 2 saturated heterocycles. The molecule has 76 heavy (non-hydrogen) atoms. The van der Waals surface area contributed by atoms with Gasteiger partial charge in [-0.05, 0) is 25.7 Å². The van der Waals surface area contributed by atoms with Gasteiger partial charge >= 0.3 is 19.8 Å². The third kappa shape index (κ3) is 30.8. The number of unbranched alkanes of at least 4 members (excludes halogenated alkanes) is 24. The number of carboxylic acid groups (broad SMARTS) is 1. The number of rotatable bonds is 46. The van der Waals surface area contributed by atoms with Gasteiger partial charge in [-0.1, -0.05) is 181 Å². The van der Waals surface area contributed by atoms with Crippen LogP contribution in [0, 0.1) is 0 Å². The summed E-state index contributed by atoms with van der Waals surface area (Å²) in [6.45, 7) is 3.88. The van der Waals surface area contributed by atoms with Crippen molar-refractivity contribution < 1.29 is 92.4 Å². The van der Waals surface area contributed by atoms with Crippen molar-refractivity contribution in [1.82, 2.24) is 10.6 Å². The maximum atomic E-state index is 13.9. The van der Waals surface area contributed by atoms with Crippen LogP contribution in [-0.2, 0) is 52.0 Å². The Hall–Kier alpha value is -2.37. The van der Waals surface area contributed by atoms with Crippen molar-refractivity contribution in [2.45, 2.75) is 300 Å². The van der Waals surface area contributed by atoms with Crippen molar-refractivity contribution >= 4 is 31.6 Å². The summed E-state index contributed by atoms with van der Waals surface area (Å²) in [6.07, 6.45) is 12.6. The Bertz CT molecular complexity index is 1590. The lowest BCUT2D eigenvalue weighted by molar-refractivity contribution is -0.302. The molecule has 0 aromatic heterocycles. The lowest BCUT2D eigenvalue weighted by Crippen LogP contribution is -2.67. The predicted molar refractivity (Wildman–Crippen MR) is 283 cm³/mol. The monoisotopic (exact) mass is 1110 g/mol. The molecule has 2 heterocycles. The number of nitrogens with one attached hydrogen (secondary N) is 2. The largest absolute Gasteiger partial charge is 0.480 e. The molecule has 2 amide bonds. The third-order valence-electron chi connectivity index (χ3n) is 14.2. The molecule has 22 heteroatoms. The molecular formula is C54H101N2O19P. The molecule has 0 saturated carbocycles. The molecule has 2 rings (SSSR count). The summed E-state index contributed by atoms with van der Waals surface area (Å²) >= 11 is 0. The highest BCUT2D eigenvalue weighted by Crippen LogP contribution is 2.41. The highest BCUT2D eigenvalue weighted by molar-refractivity contribution is 7.46. The standard InChI is InChI=1S/C54H101N2O19P/c1-4-7-10-13-16-19-22-25-28-31-39(58)34-43(59)55-47-50(65)49(64)42(74-53(47)71-38-45(61)62)37-70-54-48(51(66)52(41(36-57)73-54)75-76(67,68)69)56-44(60)35-40(32-29-26-23-20-17-14-11-8-5-2)72-46(63)33-30-27-24-21-18-15-12-9-6-3/h39-42,47-54,57-58,64-66H,4-38H2,1-3H3,(H,55,59)(H,56,60)(H,61,62)(H2,67,68,69)/t39-,40-,41-,42-,47-,48-,49-,50-,51-,52-,53+,54-/m1/s1. The highest BCUT2D eigenvalue weighted by atomic mass is 31.2. The molecular weight excluding hydrogens is 1010 g/mol. The molecule has 0 aromatic rings. The van der Waals surface area contributed by atoms with E-state index in [1.165, 1.54) is 64.2 Å². The molecule has 0 aliphatic carbocycles. The highest BCUT2D eigenvalue weighted by Gasteiger charge is 2.51. The van der Waals surface area contributed by atoms with Gasteiger partial charge in [-0.2, -0.15) is 0 Å². The van der Waals surface area contributed by atoms with Gasteiger partial charge in [0.1, 0.15) is 61.4 Å². The number of hydrogen-bond donors (Lipinski definition) is 10. The van der Waals surface area contributed by atoms with E-state index in [1.807, 2.05) is 0 Å². The quantitative estimate of drug-likeness (QED) is 0.0168.